The van der Waals surface area contributed by atoms with Crippen molar-refractivity contribution in [2.75, 3.05) is 0 Å². The van der Waals surface area contributed by atoms with Crippen LogP contribution in [0.3, 0.4) is 0 Å². The van der Waals surface area contributed by atoms with E-state index in [1.165, 1.54) is 6.92 Å². The van der Waals surface area contributed by atoms with E-state index in [9.17, 15) is 9.59 Å². The van der Waals surface area contributed by atoms with Crippen LogP contribution >= 0.6 is 12.6 Å². The fourth-order valence-corrected chi connectivity index (χ4v) is 1.29. The Labute approximate surface area is 84.7 Å². The minimum Gasteiger partial charge on any atom is -0.346 e. The van der Waals surface area contributed by atoms with E-state index in [1.807, 2.05) is 0 Å². The highest BCUT2D eigenvalue weighted by Crippen LogP contribution is 2.05. The molecule has 1 atom stereocenters. The Bertz CT molecular complexity index is 182. The third kappa shape index (κ3) is 6.63. The first kappa shape index (κ1) is 12.5. The summed E-state index contributed by atoms with van der Waals surface area (Å²) in [5.74, 6) is -0.177. The number of carbonyl (C=O) groups excluding carboxylic acids is 2. The average molecular weight is 203 g/mol. The van der Waals surface area contributed by atoms with Crippen LogP contribution in [0.1, 0.15) is 39.5 Å². The van der Waals surface area contributed by atoms with Gasteiger partial charge in [-0.3, -0.25) is 9.59 Å². The fraction of sp³-hybridized carbons (Fsp3) is 0.778. The summed E-state index contributed by atoms with van der Waals surface area (Å²) in [5.41, 5.74) is 0. The summed E-state index contributed by atoms with van der Waals surface area (Å²) in [5, 5.41) is 2.32. The van der Waals surface area contributed by atoms with Gasteiger partial charge in [-0.25, -0.2) is 0 Å². The molecule has 0 bridgehead atoms. The monoisotopic (exact) mass is 203 g/mol. The highest BCUT2D eigenvalue weighted by atomic mass is 32.1. The average Bonchev–Trinajstić information content (AvgIpc) is 2.02. The minimum atomic E-state index is -0.410. The number of hydrogen-bond donors (Lipinski definition) is 2. The van der Waals surface area contributed by atoms with Gasteiger partial charge in [0.1, 0.15) is 0 Å². The molecule has 0 fully saturated rings. The third-order valence-electron chi connectivity index (χ3n) is 1.77. The topological polar surface area (TPSA) is 46.2 Å². The van der Waals surface area contributed by atoms with E-state index < -0.39 is 6.04 Å². The predicted molar refractivity (Wildman–Crippen MR) is 55.7 cm³/mol. The van der Waals surface area contributed by atoms with Crippen molar-refractivity contribution in [2.45, 2.75) is 45.6 Å². The van der Waals surface area contributed by atoms with Gasteiger partial charge in [0.2, 0.25) is 11.0 Å². The number of thiol groups is 1. The molecule has 76 valence electrons. The van der Waals surface area contributed by atoms with Crippen molar-refractivity contribution in [1.82, 2.24) is 5.32 Å². The Morgan fingerprint density at radius 2 is 2.00 bits per heavy atom. The van der Waals surface area contributed by atoms with Crippen molar-refractivity contribution >= 4 is 23.7 Å². The minimum absolute atomic E-state index is 0.177. The smallest absolute Gasteiger partial charge is 0.217 e. The molecule has 0 aliphatic rings. The largest absolute Gasteiger partial charge is 0.346 e. The lowest BCUT2D eigenvalue weighted by Gasteiger charge is -2.13. The van der Waals surface area contributed by atoms with E-state index in [0.29, 0.717) is 6.42 Å². The molecule has 0 aromatic heterocycles. The molecule has 0 saturated carbocycles. The third-order valence-corrected chi connectivity index (χ3v) is 2.08. The summed E-state index contributed by atoms with van der Waals surface area (Å²) in [6.45, 7) is 3.50. The molecule has 0 saturated heterocycles. The lowest BCUT2D eigenvalue weighted by Crippen LogP contribution is -2.37. The Morgan fingerprint density at radius 1 is 1.38 bits per heavy atom. The fourth-order valence-electron chi connectivity index (χ4n) is 1.10. The molecule has 4 heteroatoms. The number of carbonyl (C=O) groups is 2. The van der Waals surface area contributed by atoms with Gasteiger partial charge in [-0.05, 0) is 6.42 Å². The van der Waals surface area contributed by atoms with Gasteiger partial charge in [0.05, 0.1) is 6.04 Å². The molecule has 0 spiro atoms. The van der Waals surface area contributed by atoms with Crippen molar-refractivity contribution < 1.29 is 9.59 Å². The van der Waals surface area contributed by atoms with Crippen LogP contribution in [0, 0.1) is 0 Å². The van der Waals surface area contributed by atoms with Gasteiger partial charge in [-0.15, -0.1) is 12.6 Å². The quantitative estimate of drug-likeness (QED) is 0.508. The zero-order valence-corrected chi connectivity index (χ0v) is 9.06. The van der Waals surface area contributed by atoms with E-state index >= 15 is 0 Å². The molecule has 1 amide bonds. The maximum Gasteiger partial charge on any atom is 0.217 e. The zero-order chi connectivity index (χ0) is 10.3. The summed E-state index contributed by atoms with van der Waals surface area (Å²) >= 11 is 3.72. The van der Waals surface area contributed by atoms with E-state index in [4.69, 9.17) is 0 Å². The molecule has 1 N–H and O–H groups in total. The second-order valence-electron chi connectivity index (χ2n) is 3.09. The van der Waals surface area contributed by atoms with Crippen LogP contribution < -0.4 is 5.32 Å². The van der Waals surface area contributed by atoms with Crippen LogP contribution in [0.4, 0.5) is 0 Å². The molecule has 0 heterocycles. The maximum absolute atomic E-state index is 10.9. The van der Waals surface area contributed by atoms with Crippen LogP contribution in [-0.2, 0) is 9.59 Å². The number of amides is 1. The maximum atomic E-state index is 10.9. The zero-order valence-electron chi connectivity index (χ0n) is 8.17. The van der Waals surface area contributed by atoms with Crippen molar-refractivity contribution in [1.29, 1.82) is 0 Å². The molecule has 0 aromatic carbocycles. The molecule has 0 aliphatic heterocycles. The van der Waals surface area contributed by atoms with Gasteiger partial charge in [0, 0.05) is 6.92 Å². The van der Waals surface area contributed by atoms with Crippen LogP contribution in [0.5, 0.6) is 0 Å². The van der Waals surface area contributed by atoms with E-state index in [0.717, 1.165) is 19.3 Å². The summed E-state index contributed by atoms with van der Waals surface area (Å²) < 4.78 is 0. The first-order valence-electron chi connectivity index (χ1n) is 4.57. The van der Waals surface area contributed by atoms with Crippen molar-refractivity contribution in [3.63, 3.8) is 0 Å². The highest BCUT2D eigenvalue weighted by Gasteiger charge is 2.14. The van der Waals surface area contributed by atoms with Gasteiger partial charge < -0.3 is 5.32 Å². The van der Waals surface area contributed by atoms with Gasteiger partial charge in [-0.1, -0.05) is 26.2 Å². The molecule has 13 heavy (non-hydrogen) atoms. The second-order valence-corrected chi connectivity index (χ2v) is 3.53. The summed E-state index contributed by atoms with van der Waals surface area (Å²) in [6.07, 6.45) is 3.83. The molecular formula is C9H17NO2S. The lowest BCUT2D eigenvalue weighted by molar-refractivity contribution is -0.123. The molecule has 3 nitrogen and oxygen atoms in total. The number of unbranched alkanes of at least 4 members (excludes halogenated alkanes) is 2. The van der Waals surface area contributed by atoms with E-state index in [-0.39, 0.29) is 11.0 Å². The highest BCUT2D eigenvalue weighted by molar-refractivity contribution is 7.96. The summed E-state index contributed by atoms with van der Waals surface area (Å²) in [7, 11) is 0. The Morgan fingerprint density at radius 3 is 2.38 bits per heavy atom. The number of rotatable bonds is 6. The van der Waals surface area contributed by atoms with Crippen LogP contribution in [-0.4, -0.2) is 17.1 Å². The first-order valence-corrected chi connectivity index (χ1v) is 5.02. The standard InChI is InChI=1S/C9H17NO2S/c1-3-4-5-6-8(9(12)13)10-7(2)11/h8H,3-6H2,1-2H3,(H,10,11)(H,12,13). The first-order chi connectivity index (χ1) is 6.07. The molecule has 0 aliphatic carbocycles. The van der Waals surface area contributed by atoms with Gasteiger partial charge in [0.15, 0.2) is 0 Å². The number of hydrogen-bond acceptors (Lipinski definition) is 2. The summed E-state index contributed by atoms with van der Waals surface area (Å²) in [6, 6.07) is -0.410. The Balaban J connectivity index is 3.81. The van der Waals surface area contributed by atoms with E-state index in [2.05, 4.69) is 24.9 Å². The SMILES string of the molecule is CCCCCC(NC(C)=O)C(=O)S. The number of nitrogens with one attached hydrogen (secondary N) is 1. The molecular weight excluding hydrogens is 186 g/mol. The van der Waals surface area contributed by atoms with Crippen LogP contribution in [0.25, 0.3) is 0 Å². The molecule has 1 unspecified atom stereocenters. The molecule has 0 aromatic rings. The van der Waals surface area contributed by atoms with Crippen molar-refractivity contribution in [3.05, 3.63) is 0 Å². The van der Waals surface area contributed by atoms with Gasteiger partial charge in [-0.2, -0.15) is 0 Å². The lowest BCUT2D eigenvalue weighted by atomic mass is 10.1. The Hall–Kier alpha value is -0.510. The summed E-state index contributed by atoms with van der Waals surface area (Å²) in [4.78, 5) is 21.6. The predicted octanol–water partition coefficient (Wildman–Crippen LogP) is 1.53. The molecule has 0 radical (unpaired) electrons. The molecule has 0 rings (SSSR count). The van der Waals surface area contributed by atoms with E-state index in [1.54, 1.807) is 0 Å². The second kappa shape index (κ2) is 6.95. The normalized spacial score (nSPS) is 12.2. The van der Waals surface area contributed by atoms with Crippen molar-refractivity contribution in [3.8, 4) is 0 Å². The van der Waals surface area contributed by atoms with Crippen LogP contribution in [0.2, 0.25) is 0 Å². The van der Waals surface area contributed by atoms with Gasteiger partial charge in [0.25, 0.3) is 0 Å². The van der Waals surface area contributed by atoms with Crippen LogP contribution in [0.15, 0.2) is 0 Å². The van der Waals surface area contributed by atoms with Crippen molar-refractivity contribution in [2.24, 2.45) is 0 Å². The Kier molecular flexibility index (Phi) is 6.68. The van der Waals surface area contributed by atoms with Gasteiger partial charge >= 0.3 is 0 Å².